The summed E-state index contributed by atoms with van der Waals surface area (Å²) in [5.74, 6) is 0. The molecule has 0 aromatic carbocycles. The molecule has 0 heterocycles. The van der Waals surface area contributed by atoms with E-state index in [1.165, 1.54) is 0 Å². The molecule has 59 valence electrons. The van der Waals surface area contributed by atoms with Crippen LogP contribution in [0.25, 0.3) is 0 Å². The van der Waals surface area contributed by atoms with Gasteiger partial charge in [0.1, 0.15) is 0 Å². The molecule has 9 heavy (non-hydrogen) atoms. The van der Waals surface area contributed by atoms with Crippen LogP contribution in [0.4, 0.5) is 0 Å². The Balaban J connectivity index is -0.0000000720. The van der Waals surface area contributed by atoms with Gasteiger partial charge in [0.05, 0.1) is 10.2 Å². The van der Waals surface area contributed by atoms with Crippen LogP contribution in [-0.4, -0.2) is 10.2 Å². The second-order valence-electron chi connectivity index (χ2n) is 0.447. The molecule has 0 bridgehead atoms. The summed E-state index contributed by atoms with van der Waals surface area (Å²) < 4.78 is 0. The molecule has 1 radical (unpaired) electrons. The van der Waals surface area contributed by atoms with E-state index in [-0.39, 0.29) is 17.1 Å². The maximum atomic E-state index is 8.25. The van der Waals surface area contributed by atoms with Crippen LogP contribution in [0.1, 0.15) is 0 Å². The smallest absolute Gasteiger partial charge is 0.0689 e. The Morgan fingerprint density at radius 2 is 0.778 bits per heavy atom. The van der Waals surface area contributed by atoms with Gasteiger partial charge in [-0.25, -0.2) is 0 Å². The van der Waals surface area contributed by atoms with E-state index in [0.29, 0.717) is 0 Å². The van der Waals surface area contributed by atoms with Gasteiger partial charge in [0, 0.05) is 17.1 Å². The molecule has 0 unspecified atom stereocenters. The van der Waals surface area contributed by atoms with Crippen molar-refractivity contribution >= 4 is 0 Å². The summed E-state index contributed by atoms with van der Waals surface area (Å²) in [5, 5.41) is 29.5. The van der Waals surface area contributed by atoms with E-state index >= 15 is 0 Å². The van der Waals surface area contributed by atoms with E-state index in [0.717, 1.165) is 0 Å². The molecule has 0 rings (SSSR count). The molecule has 0 aromatic rings. The second-order valence-corrected chi connectivity index (χ2v) is 0.447. The fourth-order valence-electron chi connectivity index (χ4n) is 0. The zero-order valence-corrected chi connectivity index (χ0v) is 4.59. The van der Waals surface area contributed by atoms with Crippen LogP contribution < -0.4 is 0 Å². The Kier molecular flexibility index (Phi) is 17.4. The largest absolute Gasteiger partial charge is 0.356 e. The van der Waals surface area contributed by atoms with Gasteiger partial charge in [-0.1, -0.05) is 0 Å². The summed E-state index contributed by atoms with van der Waals surface area (Å²) in [5.41, 5.74) is 0. The predicted molar refractivity (Wildman–Crippen MR) is 20.7 cm³/mol. The Morgan fingerprint density at radius 3 is 0.778 bits per heavy atom. The molecule has 8 nitrogen and oxygen atoms in total. The molecule has 0 fully saturated rings. The Morgan fingerprint density at radius 1 is 0.778 bits per heavy atom. The average Bonchev–Trinajstić information content (AvgIpc) is 1.25. The Hall–Kier alpha value is -1.08. The minimum absolute atomic E-state index is 0. The minimum atomic E-state index is -1.75. The Labute approximate surface area is 58.8 Å². The third-order valence-corrected chi connectivity index (χ3v) is 0. The summed E-state index contributed by atoms with van der Waals surface area (Å²) in [6, 6.07) is 0. The van der Waals surface area contributed by atoms with Gasteiger partial charge in [0.2, 0.25) is 0 Å². The quantitative estimate of drug-likeness (QED) is 0.286. The van der Waals surface area contributed by atoms with E-state index < -0.39 is 10.2 Å². The van der Waals surface area contributed by atoms with Gasteiger partial charge in [0.15, 0.2) is 0 Å². The molecular formula is CuN2O6-2. The van der Waals surface area contributed by atoms with Crippen LogP contribution in [0.3, 0.4) is 0 Å². The topological polar surface area (TPSA) is 132 Å². The van der Waals surface area contributed by atoms with E-state index in [4.69, 9.17) is 30.6 Å². The first-order chi connectivity index (χ1) is 3.46. The first-order valence-electron chi connectivity index (χ1n) is 1.10. The van der Waals surface area contributed by atoms with E-state index in [2.05, 4.69) is 0 Å². The summed E-state index contributed by atoms with van der Waals surface area (Å²) >= 11 is 0. The molecule has 0 spiro atoms. The standard InChI is InChI=1S/Cu.2NO3/c;2*2-1(3)4/q;2*-1. The van der Waals surface area contributed by atoms with Gasteiger partial charge in [-0.3, -0.25) is 0 Å². The molecule has 0 N–H and O–H groups in total. The van der Waals surface area contributed by atoms with Crippen molar-refractivity contribution in [3.63, 3.8) is 0 Å². The van der Waals surface area contributed by atoms with Crippen LogP contribution >= 0.6 is 0 Å². The van der Waals surface area contributed by atoms with Gasteiger partial charge >= 0.3 is 0 Å². The zero-order valence-electron chi connectivity index (χ0n) is 3.65. The van der Waals surface area contributed by atoms with Crippen molar-refractivity contribution in [2.24, 2.45) is 0 Å². The minimum Gasteiger partial charge on any atom is -0.356 e. The predicted octanol–water partition coefficient (Wildman–Crippen LogP) is -0.481. The summed E-state index contributed by atoms with van der Waals surface area (Å²) in [6.45, 7) is 0. The molecule has 0 aliphatic carbocycles. The van der Waals surface area contributed by atoms with Gasteiger partial charge in [-0.2, -0.15) is 0 Å². The van der Waals surface area contributed by atoms with Crippen molar-refractivity contribution in [3.8, 4) is 0 Å². The van der Waals surface area contributed by atoms with Crippen molar-refractivity contribution in [2.75, 3.05) is 0 Å². The normalized spacial score (nSPS) is 5.33. The molecule has 0 aliphatic heterocycles. The monoisotopic (exact) mass is 187 g/mol. The fraction of sp³-hybridized carbons (Fsp3) is 0. The van der Waals surface area contributed by atoms with E-state index in [9.17, 15) is 0 Å². The summed E-state index contributed by atoms with van der Waals surface area (Å²) in [7, 11) is 0. The van der Waals surface area contributed by atoms with Crippen LogP contribution in [0.15, 0.2) is 0 Å². The Bertz CT molecular complexity index is 69.1. The van der Waals surface area contributed by atoms with Crippen LogP contribution in [0.2, 0.25) is 0 Å². The first-order valence-corrected chi connectivity index (χ1v) is 1.10. The second kappa shape index (κ2) is 10.0. The number of nitrogens with zero attached hydrogens (tertiary/aromatic N) is 2. The van der Waals surface area contributed by atoms with Gasteiger partial charge in [-0.15, -0.1) is 0 Å². The third-order valence-electron chi connectivity index (χ3n) is 0. The summed E-state index contributed by atoms with van der Waals surface area (Å²) in [4.78, 5) is 16.5. The molecule has 0 saturated carbocycles. The first kappa shape index (κ1) is 15.7. The SMILES string of the molecule is O=[N+]([O-])[O-].O=[N+]([O-])[O-].[Cu]. The van der Waals surface area contributed by atoms with Crippen molar-refractivity contribution in [1.82, 2.24) is 0 Å². The van der Waals surface area contributed by atoms with Gasteiger partial charge < -0.3 is 30.6 Å². The third kappa shape index (κ3) is 143. The molecule has 0 atom stereocenters. The molecule has 0 aliphatic rings. The maximum Gasteiger partial charge on any atom is 0.0689 e. The van der Waals surface area contributed by atoms with Crippen LogP contribution in [0, 0.1) is 30.6 Å². The molecule has 9 heteroatoms. The fourth-order valence-corrected chi connectivity index (χ4v) is 0. The molecular weight excluding hydrogens is 188 g/mol. The van der Waals surface area contributed by atoms with Crippen molar-refractivity contribution in [3.05, 3.63) is 30.6 Å². The number of hydrogen-bond acceptors (Lipinski definition) is 6. The van der Waals surface area contributed by atoms with Crippen LogP contribution in [0.5, 0.6) is 0 Å². The van der Waals surface area contributed by atoms with Crippen LogP contribution in [-0.2, 0) is 17.1 Å². The van der Waals surface area contributed by atoms with Crippen molar-refractivity contribution in [1.29, 1.82) is 0 Å². The van der Waals surface area contributed by atoms with Gasteiger partial charge in [-0.05, 0) is 0 Å². The maximum absolute atomic E-state index is 8.25. The van der Waals surface area contributed by atoms with E-state index in [1.54, 1.807) is 0 Å². The average molecular weight is 188 g/mol. The van der Waals surface area contributed by atoms with Crippen molar-refractivity contribution in [2.45, 2.75) is 0 Å². The number of hydrogen-bond donors (Lipinski definition) is 0. The molecule has 0 aromatic heterocycles. The number of rotatable bonds is 0. The van der Waals surface area contributed by atoms with Gasteiger partial charge in [0.25, 0.3) is 0 Å². The zero-order chi connectivity index (χ0) is 7.15. The summed E-state index contributed by atoms with van der Waals surface area (Å²) in [6.07, 6.45) is 0. The van der Waals surface area contributed by atoms with Crippen molar-refractivity contribution < 1.29 is 27.2 Å². The molecule has 0 amide bonds. The molecule has 0 saturated heterocycles. The van der Waals surface area contributed by atoms with E-state index in [1.807, 2.05) is 0 Å².